The van der Waals surface area contributed by atoms with E-state index in [-0.39, 0.29) is 18.4 Å². The number of ether oxygens (including phenoxy) is 1. The molecule has 4 rings (SSSR count). The highest BCUT2D eigenvalue weighted by Crippen LogP contribution is 2.39. The SMILES string of the molecule is COc1cc(C(=O)N2C[C@H](C)C[C@@H](F)C2)cc2oc(B3OC(C)(C)C(C)(C)O3)c(C)c12. The van der Waals surface area contributed by atoms with Crippen LogP contribution < -0.4 is 10.4 Å². The van der Waals surface area contributed by atoms with Crippen molar-refractivity contribution in [3.63, 3.8) is 0 Å². The normalized spacial score (nSPS) is 25.3. The molecule has 0 N–H and O–H groups in total. The summed E-state index contributed by atoms with van der Waals surface area (Å²) in [6.45, 7) is 12.5. The zero-order valence-corrected chi connectivity index (χ0v) is 19.4. The van der Waals surface area contributed by atoms with Crippen LogP contribution >= 0.6 is 0 Å². The van der Waals surface area contributed by atoms with Crippen LogP contribution in [0.5, 0.6) is 5.75 Å². The molecule has 31 heavy (non-hydrogen) atoms. The van der Waals surface area contributed by atoms with Crippen LogP contribution in [0.2, 0.25) is 0 Å². The average molecular weight is 431 g/mol. The number of hydrogen-bond donors (Lipinski definition) is 0. The van der Waals surface area contributed by atoms with E-state index in [9.17, 15) is 9.18 Å². The summed E-state index contributed by atoms with van der Waals surface area (Å²) in [5.41, 5.74) is 1.35. The number of aryl methyl sites for hydroxylation is 1. The fourth-order valence-corrected chi connectivity index (χ4v) is 4.44. The Bertz CT molecular complexity index is 991. The number of amides is 1. The molecule has 2 atom stereocenters. The molecule has 2 saturated heterocycles. The summed E-state index contributed by atoms with van der Waals surface area (Å²) in [6.07, 6.45) is -0.514. The molecule has 0 radical (unpaired) electrons. The predicted molar refractivity (Wildman–Crippen MR) is 118 cm³/mol. The minimum atomic E-state index is -1.00. The van der Waals surface area contributed by atoms with Crippen molar-refractivity contribution in [2.24, 2.45) is 5.92 Å². The van der Waals surface area contributed by atoms with Crippen LogP contribution in [0.3, 0.4) is 0 Å². The maximum Gasteiger partial charge on any atom is 0.533 e. The molecule has 1 amide bonds. The van der Waals surface area contributed by atoms with Gasteiger partial charge in [0.1, 0.15) is 23.2 Å². The molecule has 2 aromatic rings. The lowest BCUT2D eigenvalue weighted by Gasteiger charge is -2.33. The summed E-state index contributed by atoms with van der Waals surface area (Å²) in [4.78, 5) is 14.7. The lowest BCUT2D eigenvalue weighted by molar-refractivity contribution is 0.00578. The van der Waals surface area contributed by atoms with Crippen LogP contribution in [0.4, 0.5) is 4.39 Å². The third-order valence-corrected chi connectivity index (χ3v) is 6.86. The molecule has 0 bridgehead atoms. The first kappa shape index (κ1) is 22.2. The summed E-state index contributed by atoms with van der Waals surface area (Å²) < 4.78 is 38.1. The lowest BCUT2D eigenvalue weighted by atomic mass is 9.83. The van der Waals surface area contributed by atoms with E-state index in [2.05, 4.69) is 0 Å². The van der Waals surface area contributed by atoms with Crippen molar-refractivity contribution in [2.45, 2.75) is 65.3 Å². The van der Waals surface area contributed by atoms with Gasteiger partial charge in [-0.05, 0) is 64.7 Å². The molecule has 3 heterocycles. The van der Waals surface area contributed by atoms with Crippen LogP contribution in [0.1, 0.15) is 57.0 Å². The number of alkyl halides is 1. The topological polar surface area (TPSA) is 61.1 Å². The first-order chi connectivity index (χ1) is 14.4. The number of halogens is 1. The Morgan fingerprint density at radius 3 is 2.42 bits per heavy atom. The van der Waals surface area contributed by atoms with Crippen LogP contribution in [0, 0.1) is 12.8 Å². The van der Waals surface area contributed by atoms with Crippen molar-refractivity contribution in [2.75, 3.05) is 20.2 Å². The van der Waals surface area contributed by atoms with Gasteiger partial charge < -0.3 is 23.4 Å². The number of hydrogen-bond acceptors (Lipinski definition) is 5. The Kier molecular flexibility index (Phi) is 5.37. The number of rotatable bonds is 3. The van der Waals surface area contributed by atoms with Gasteiger partial charge in [0.2, 0.25) is 0 Å². The van der Waals surface area contributed by atoms with E-state index in [1.54, 1.807) is 24.1 Å². The number of fused-ring (bicyclic) bond motifs is 1. The number of likely N-dealkylation sites (tertiary alicyclic amines) is 1. The number of piperidine rings is 1. The molecular weight excluding hydrogens is 400 g/mol. The van der Waals surface area contributed by atoms with Crippen molar-refractivity contribution >= 4 is 29.7 Å². The molecule has 0 spiro atoms. The molecule has 1 aromatic carbocycles. The van der Waals surface area contributed by atoms with Crippen molar-refractivity contribution in [1.82, 2.24) is 4.90 Å². The standard InChI is InChI=1S/C23H31BFNO5/c1-13-8-16(25)12-26(11-13)21(27)15-9-17(28-7)19-14(2)20(29-18(19)10-15)24-30-22(3,4)23(5,6)31-24/h9-10,13,16H,8,11-12H2,1-7H3/t13-,16-/m1/s1. The van der Waals surface area contributed by atoms with Gasteiger partial charge in [0.05, 0.1) is 30.2 Å². The van der Waals surface area contributed by atoms with Crippen molar-refractivity contribution in [1.29, 1.82) is 0 Å². The molecule has 1 aromatic heterocycles. The Morgan fingerprint density at radius 2 is 1.84 bits per heavy atom. The van der Waals surface area contributed by atoms with Gasteiger partial charge in [0, 0.05) is 12.1 Å². The van der Waals surface area contributed by atoms with E-state index < -0.39 is 24.5 Å². The molecule has 2 aliphatic heterocycles. The third-order valence-electron chi connectivity index (χ3n) is 6.86. The number of benzene rings is 1. The third kappa shape index (κ3) is 3.74. The Labute approximate surface area is 183 Å². The maximum atomic E-state index is 14.0. The largest absolute Gasteiger partial charge is 0.533 e. The number of methoxy groups -OCH3 is 1. The van der Waals surface area contributed by atoms with Gasteiger partial charge >= 0.3 is 7.12 Å². The molecular formula is C23H31BFNO5. The van der Waals surface area contributed by atoms with Gasteiger partial charge in [0.15, 0.2) is 0 Å². The predicted octanol–water partition coefficient (Wildman–Crippen LogP) is 3.87. The molecule has 0 saturated carbocycles. The zero-order chi connectivity index (χ0) is 22.7. The first-order valence-electron chi connectivity index (χ1n) is 10.8. The van der Waals surface area contributed by atoms with Gasteiger partial charge in [-0.15, -0.1) is 0 Å². The van der Waals surface area contributed by atoms with Crippen LogP contribution in [-0.2, 0) is 9.31 Å². The number of carbonyl (C=O) groups excluding carboxylic acids is 1. The number of nitrogens with zero attached hydrogens (tertiary/aromatic N) is 1. The van der Waals surface area contributed by atoms with Crippen molar-refractivity contribution in [3.8, 4) is 5.75 Å². The molecule has 168 valence electrons. The lowest BCUT2D eigenvalue weighted by Crippen LogP contribution is -2.44. The quantitative estimate of drug-likeness (QED) is 0.691. The summed E-state index contributed by atoms with van der Waals surface area (Å²) in [5, 5.41) is 0.777. The van der Waals surface area contributed by atoms with Gasteiger partial charge in [-0.2, -0.15) is 0 Å². The minimum absolute atomic E-state index is 0.111. The van der Waals surface area contributed by atoms with Crippen LogP contribution in [0.15, 0.2) is 16.5 Å². The Hall–Kier alpha value is -2.06. The van der Waals surface area contributed by atoms with E-state index in [1.165, 1.54) is 0 Å². The van der Waals surface area contributed by atoms with Crippen LogP contribution in [0.25, 0.3) is 11.0 Å². The molecule has 2 fully saturated rings. The van der Waals surface area contributed by atoms with E-state index in [0.29, 0.717) is 35.5 Å². The van der Waals surface area contributed by atoms with E-state index in [0.717, 1.165) is 10.9 Å². The monoisotopic (exact) mass is 431 g/mol. The smallest absolute Gasteiger partial charge is 0.496 e. The summed E-state index contributed by atoms with van der Waals surface area (Å²) in [6, 6.07) is 3.40. The van der Waals surface area contributed by atoms with Gasteiger partial charge in [-0.3, -0.25) is 4.79 Å². The average Bonchev–Trinajstić information content (AvgIpc) is 3.12. The van der Waals surface area contributed by atoms with E-state index in [4.69, 9.17) is 18.5 Å². The molecule has 8 heteroatoms. The highest BCUT2D eigenvalue weighted by atomic mass is 19.1. The van der Waals surface area contributed by atoms with Gasteiger partial charge in [-0.1, -0.05) is 6.92 Å². The summed E-state index contributed by atoms with van der Waals surface area (Å²) in [7, 11) is 0.904. The van der Waals surface area contributed by atoms with Crippen LogP contribution in [-0.4, -0.2) is 55.5 Å². The second-order valence-corrected chi connectivity index (χ2v) is 9.88. The number of furan rings is 1. The molecule has 2 aliphatic rings. The fraction of sp³-hybridized carbons (Fsp3) is 0.609. The summed E-state index contributed by atoms with van der Waals surface area (Å²) >= 11 is 0. The highest BCUT2D eigenvalue weighted by molar-refractivity contribution is 6.61. The van der Waals surface area contributed by atoms with Gasteiger partial charge in [-0.25, -0.2) is 4.39 Å². The van der Waals surface area contributed by atoms with E-state index >= 15 is 0 Å². The van der Waals surface area contributed by atoms with Crippen molar-refractivity contribution in [3.05, 3.63) is 23.3 Å². The molecule has 6 nitrogen and oxygen atoms in total. The second-order valence-electron chi connectivity index (χ2n) is 9.88. The van der Waals surface area contributed by atoms with Crippen molar-refractivity contribution < 1.29 is 27.6 Å². The molecule has 0 unspecified atom stereocenters. The number of carbonyl (C=O) groups is 1. The Morgan fingerprint density at radius 1 is 1.19 bits per heavy atom. The van der Waals surface area contributed by atoms with Gasteiger partial charge in [0.25, 0.3) is 5.91 Å². The van der Waals surface area contributed by atoms with E-state index in [1.807, 2.05) is 41.5 Å². The Balaban J connectivity index is 1.73. The highest BCUT2D eigenvalue weighted by Gasteiger charge is 2.53. The maximum absolute atomic E-state index is 14.0. The zero-order valence-electron chi connectivity index (χ0n) is 19.4. The fourth-order valence-electron chi connectivity index (χ4n) is 4.44. The first-order valence-corrected chi connectivity index (χ1v) is 10.8. The molecule has 0 aliphatic carbocycles. The minimum Gasteiger partial charge on any atom is -0.496 e. The second kappa shape index (κ2) is 7.52. The summed E-state index contributed by atoms with van der Waals surface area (Å²) in [5.74, 6) is 0.437.